The third-order valence-corrected chi connectivity index (χ3v) is 4.04. The molecular formula is C20H12N4O3. The standard InChI is InChI=1S/C20H12N4O3/c21-12-14(20-22-17-3-1-2-4-18(17)23-20)11-16-9-10-19(27-16)13-5-7-15(8-6-13)24(25)26/h1-11H,(H,22,23)/b14-11+. The Hall–Kier alpha value is -4.18. The fraction of sp³-hybridized carbons (Fsp3) is 0. The highest BCUT2D eigenvalue weighted by Crippen LogP contribution is 2.26. The number of aromatic nitrogens is 2. The zero-order valence-corrected chi connectivity index (χ0v) is 13.9. The first-order chi connectivity index (χ1) is 13.1. The van der Waals surface area contributed by atoms with Gasteiger partial charge in [-0.05, 0) is 36.4 Å². The van der Waals surface area contributed by atoms with Gasteiger partial charge in [-0.1, -0.05) is 12.1 Å². The maximum absolute atomic E-state index is 10.7. The maximum Gasteiger partial charge on any atom is 0.269 e. The fourth-order valence-electron chi connectivity index (χ4n) is 2.71. The van der Waals surface area contributed by atoms with Gasteiger partial charge in [0, 0.05) is 23.8 Å². The van der Waals surface area contributed by atoms with E-state index in [4.69, 9.17) is 4.42 Å². The Morgan fingerprint density at radius 3 is 2.63 bits per heavy atom. The van der Waals surface area contributed by atoms with Gasteiger partial charge in [0.15, 0.2) is 0 Å². The molecule has 0 radical (unpaired) electrons. The zero-order chi connectivity index (χ0) is 18.8. The SMILES string of the molecule is N#C/C(=C\c1ccc(-c2ccc([N+](=O)[O-])cc2)o1)c1nc2ccccc2[nH]1. The number of nitro groups is 1. The molecule has 0 unspecified atom stereocenters. The molecule has 27 heavy (non-hydrogen) atoms. The number of furan rings is 1. The predicted octanol–water partition coefficient (Wildman–Crippen LogP) is 4.80. The lowest BCUT2D eigenvalue weighted by Gasteiger charge is -1.97. The maximum atomic E-state index is 10.7. The van der Waals surface area contributed by atoms with Gasteiger partial charge >= 0.3 is 0 Å². The predicted molar refractivity (Wildman–Crippen MR) is 100 cm³/mol. The van der Waals surface area contributed by atoms with Crippen LogP contribution in [0.25, 0.3) is 34.0 Å². The van der Waals surface area contributed by atoms with Crippen molar-refractivity contribution in [1.29, 1.82) is 5.26 Å². The number of H-pyrrole nitrogens is 1. The van der Waals surface area contributed by atoms with Crippen LogP contribution in [0.3, 0.4) is 0 Å². The van der Waals surface area contributed by atoms with Crippen molar-refractivity contribution in [2.45, 2.75) is 0 Å². The highest BCUT2D eigenvalue weighted by atomic mass is 16.6. The number of nitrogens with one attached hydrogen (secondary N) is 1. The van der Waals surface area contributed by atoms with Crippen LogP contribution in [0.5, 0.6) is 0 Å². The van der Waals surface area contributed by atoms with Crippen LogP contribution in [0, 0.1) is 21.4 Å². The van der Waals surface area contributed by atoms with Gasteiger partial charge in [0.25, 0.3) is 5.69 Å². The molecule has 0 saturated heterocycles. The first kappa shape index (κ1) is 16.3. The quantitative estimate of drug-likeness (QED) is 0.321. The van der Waals surface area contributed by atoms with E-state index in [-0.39, 0.29) is 5.69 Å². The van der Waals surface area contributed by atoms with Crippen molar-refractivity contribution in [2.24, 2.45) is 0 Å². The molecule has 2 heterocycles. The summed E-state index contributed by atoms with van der Waals surface area (Å²) in [5.74, 6) is 1.50. The summed E-state index contributed by atoms with van der Waals surface area (Å²) < 4.78 is 5.76. The summed E-state index contributed by atoms with van der Waals surface area (Å²) in [6, 6.07) is 19.2. The summed E-state index contributed by atoms with van der Waals surface area (Å²) >= 11 is 0. The Morgan fingerprint density at radius 2 is 1.93 bits per heavy atom. The summed E-state index contributed by atoms with van der Waals surface area (Å²) in [6.45, 7) is 0. The molecule has 0 saturated carbocycles. The van der Waals surface area contributed by atoms with Crippen LogP contribution in [0.4, 0.5) is 5.69 Å². The van der Waals surface area contributed by atoms with E-state index in [1.54, 1.807) is 30.3 Å². The molecule has 7 heteroatoms. The Kier molecular flexibility index (Phi) is 3.99. The number of imidazole rings is 1. The number of hydrogen-bond donors (Lipinski definition) is 1. The molecule has 4 rings (SSSR count). The topological polar surface area (TPSA) is 109 Å². The molecule has 1 N–H and O–H groups in total. The molecule has 0 spiro atoms. The van der Waals surface area contributed by atoms with Crippen LogP contribution in [0.1, 0.15) is 11.6 Å². The minimum absolute atomic E-state index is 0.0158. The third kappa shape index (κ3) is 3.19. The summed E-state index contributed by atoms with van der Waals surface area (Å²) in [5, 5.41) is 20.2. The number of nitriles is 1. The van der Waals surface area contributed by atoms with E-state index in [0.29, 0.717) is 28.5 Å². The van der Waals surface area contributed by atoms with Crippen LogP contribution in [-0.2, 0) is 0 Å². The fourth-order valence-corrected chi connectivity index (χ4v) is 2.71. The first-order valence-corrected chi connectivity index (χ1v) is 8.05. The molecule has 0 aliphatic heterocycles. The number of aromatic amines is 1. The van der Waals surface area contributed by atoms with Gasteiger partial charge in [-0.2, -0.15) is 5.26 Å². The van der Waals surface area contributed by atoms with Gasteiger partial charge < -0.3 is 9.40 Å². The number of nitro benzene ring substituents is 1. The summed E-state index contributed by atoms with van der Waals surface area (Å²) in [4.78, 5) is 17.8. The van der Waals surface area contributed by atoms with Crippen molar-refractivity contribution in [2.75, 3.05) is 0 Å². The Balaban J connectivity index is 1.65. The zero-order valence-electron chi connectivity index (χ0n) is 13.9. The number of para-hydroxylation sites is 2. The average molecular weight is 356 g/mol. The number of nitrogens with zero attached hydrogens (tertiary/aromatic N) is 3. The lowest BCUT2D eigenvalue weighted by Crippen LogP contribution is -1.86. The highest BCUT2D eigenvalue weighted by molar-refractivity contribution is 5.89. The second-order valence-electron chi connectivity index (χ2n) is 5.78. The largest absolute Gasteiger partial charge is 0.457 e. The number of fused-ring (bicyclic) bond motifs is 1. The minimum atomic E-state index is -0.452. The van der Waals surface area contributed by atoms with Gasteiger partial charge in [0.05, 0.1) is 21.5 Å². The monoisotopic (exact) mass is 356 g/mol. The molecule has 0 aliphatic rings. The van der Waals surface area contributed by atoms with Crippen molar-refractivity contribution < 1.29 is 9.34 Å². The number of non-ortho nitro benzene ring substituents is 1. The van der Waals surface area contributed by atoms with Crippen LogP contribution in [0.2, 0.25) is 0 Å². The molecule has 0 atom stereocenters. The van der Waals surface area contributed by atoms with E-state index in [9.17, 15) is 15.4 Å². The third-order valence-electron chi connectivity index (χ3n) is 4.04. The number of benzene rings is 2. The normalized spacial score (nSPS) is 11.4. The smallest absolute Gasteiger partial charge is 0.269 e. The average Bonchev–Trinajstić information content (AvgIpc) is 3.33. The van der Waals surface area contributed by atoms with Crippen molar-refractivity contribution in [1.82, 2.24) is 9.97 Å². The summed E-state index contributed by atoms with van der Waals surface area (Å²) in [7, 11) is 0. The van der Waals surface area contributed by atoms with Gasteiger partial charge in [-0.15, -0.1) is 0 Å². The van der Waals surface area contributed by atoms with E-state index in [1.807, 2.05) is 24.3 Å². The Bertz CT molecular complexity index is 1180. The molecule has 0 aliphatic carbocycles. The van der Waals surface area contributed by atoms with Crippen LogP contribution in [0.15, 0.2) is 65.1 Å². The van der Waals surface area contributed by atoms with Crippen molar-refractivity contribution in [3.05, 3.63) is 82.4 Å². The Labute approximate surface area is 153 Å². The molecule has 2 aromatic heterocycles. The van der Waals surface area contributed by atoms with E-state index in [2.05, 4.69) is 16.0 Å². The number of hydrogen-bond acceptors (Lipinski definition) is 5. The molecule has 0 fully saturated rings. The van der Waals surface area contributed by atoms with Crippen LogP contribution >= 0.6 is 0 Å². The van der Waals surface area contributed by atoms with Gasteiger partial charge in [-0.25, -0.2) is 4.98 Å². The Morgan fingerprint density at radius 1 is 1.15 bits per heavy atom. The van der Waals surface area contributed by atoms with Gasteiger partial charge in [0.2, 0.25) is 0 Å². The highest BCUT2D eigenvalue weighted by Gasteiger charge is 2.11. The first-order valence-electron chi connectivity index (χ1n) is 8.05. The molecule has 7 nitrogen and oxygen atoms in total. The molecule has 2 aromatic carbocycles. The summed E-state index contributed by atoms with van der Waals surface area (Å²) in [5.41, 5.74) is 2.69. The minimum Gasteiger partial charge on any atom is -0.457 e. The van der Waals surface area contributed by atoms with E-state index >= 15 is 0 Å². The second kappa shape index (κ2) is 6.61. The van der Waals surface area contributed by atoms with Gasteiger partial charge in [0.1, 0.15) is 23.4 Å². The molecule has 0 amide bonds. The second-order valence-corrected chi connectivity index (χ2v) is 5.78. The van der Waals surface area contributed by atoms with Crippen molar-refractivity contribution in [3.63, 3.8) is 0 Å². The van der Waals surface area contributed by atoms with Crippen LogP contribution < -0.4 is 0 Å². The van der Waals surface area contributed by atoms with Crippen molar-refractivity contribution in [3.8, 4) is 17.4 Å². The molecule has 4 aromatic rings. The van der Waals surface area contributed by atoms with E-state index in [0.717, 1.165) is 11.0 Å². The number of rotatable bonds is 4. The van der Waals surface area contributed by atoms with E-state index < -0.39 is 4.92 Å². The van der Waals surface area contributed by atoms with Gasteiger partial charge in [-0.3, -0.25) is 10.1 Å². The lowest BCUT2D eigenvalue weighted by atomic mass is 10.1. The van der Waals surface area contributed by atoms with Crippen molar-refractivity contribution >= 4 is 28.4 Å². The van der Waals surface area contributed by atoms with Crippen LogP contribution in [-0.4, -0.2) is 14.9 Å². The molecular weight excluding hydrogens is 344 g/mol. The number of allylic oxidation sites excluding steroid dienone is 1. The van der Waals surface area contributed by atoms with E-state index in [1.165, 1.54) is 12.1 Å². The molecule has 0 bridgehead atoms. The molecule has 130 valence electrons. The lowest BCUT2D eigenvalue weighted by molar-refractivity contribution is -0.384. The summed E-state index contributed by atoms with van der Waals surface area (Å²) in [6.07, 6.45) is 1.60.